The van der Waals surface area contributed by atoms with Gasteiger partial charge in [-0.05, 0) is 68.3 Å². The summed E-state index contributed by atoms with van der Waals surface area (Å²) < 4.78 is 33.0. The minimum atomic E-state index is -4.09. The maximum Gasteiger partial charge on any atom is 0.338 e. The molecule has 34 heavy (non-hydrogen) atoms. The number of nitrogens with zero attached hydrogens (tertiary/aromatic N) is 1. The molecule has 0 aliphatic heterocycles. The fraction of sp³-hybridized carbons (Fsp3) is 0.200. The smallest absolute Gasteiger partial charge is 0.338 e. The molecule has 0 atom stereocenters. The van der Waals surface area contributed by atoms with Gasteiger partial charge in [0.1, 0.15) is 6.54 Å². The molecule has 0 spiro atoms. The summed E-state index contributed by atoms with van der Waals surface area (Å²) in [7, 11) is -2.82. The van der Waals surface area contributed by atoms with Crippen molar-refractivity contribution in [3.8, 4) is 0 Å². The lowest BCUT2D eigenvalue weighted by Crippen LogP contribution is -2.38. The Morgan fingerprint density at radius 3 is 2.24 bits per heavy atom. The molecule has 9 heteroatoms. The van der Waals surface area contributed by atoms with E-state index in [9.17, 15) is 18.0 Å². The van der Waals surface area contributed by atoms with Gasteiger partial charge in [-0.15, -0.1) is 0 Å². The van der Waals surface area contributed by atoms with Gasteiger partial charge in [-0.3, -0.25) is 9.10 Å². The first-order valence-corrected chi connectivity index (χ1v) is 12.2. The van der Waals surface area contributed by atoms with Gasteiger partial charge < -0.3 is 10.1 Å². The molecule has 0 radical (unpaired) electrons. The van der Waals surface area contributed by atoms with Crippen molar-refractivity contribution in [3.63, 3.8) is 0 Å². The number of halogens is 1. The van der Waals surface area contributed by atoms with Crippen molar-refractivity contribution in [1.29, 1.82) is 0 Å². The second-order valence-corrected chi connectivity index (χ2v) is 10.00. The van der Waals surface area contributed by atoms with Gasteiger partial charge in [-0.25, -0.2) is 13.2 Å². The normalized spacial score (nSPS) is 11.1. The van der Waals surface area contributed by atoms with Crippen LogP contribution < -0.4 is 9.62 Å². The molecule has 0 unspecified atom stereocenters. The van der Waals surface area contributed by atoms with Crippen molar-refractivity contribution in [3.05, 3.63) is 87.9 Å². The minimum Gasteiger partial charge on any atom is -0.465 e. The van der Waals surface area contributed by atoms with Crippen molar-refractivity contribution < 1.29 is 22.7 Å². The van der Waals surface area contributed by atoms with E-state index in [2.05, 4.69) is 5.32 Å². The number of hydrogen-bond acceptors (Lipinski definition) is 5. The van der Waals surface area contributed by atoms with Gasteiger partial charge in [0.05, 0.1) is 23.3 Å². The molecular weight excluding hydrogens is 476 g/mol. The molecule has 178 valence electrons. The lowest BCUT2D eigenvalue weighted by atomic mass is 10.1. The zero-order chi connectivity index (χ0) is 25.0. The summed E-state index contributed by atoms with van der Waals surface area (Å²) in [6, 6.07) is 16.1. The summed E-state index contributed by atoms with van der Waals surface area (Å²) in [5.74, 6) is -1.12. The predicted molar refractivity (Wildman–Crippen MR) is 133 cm³/mol. The summed E-state index contributed by atoms with van der Waals surface area (Å²) >= 11 is 6.26. The molecule has 0 aromatic heterocycles. The van der Waals surface area contributed by atoms with Crippen LogP contribution in [-0.2, 0) is 19.6 Å². The molecule has 0 bridgehead atoms. The predicted octanol–water partition coefficient (Wildman–Crippen LogP) is 4.89. The van der Waals surface area contributed by atoms with Crippen LogP contribution in [0.15, 0.2) is 65.6 Å². The fourth-order valence-electron chi connectivity index (χ4n) is 3.43. The first-order valence-electron chi connectivity index (χ1n) is 10.4. The molecule has 0 saturated heterocycles. The molecule has 0 saturated carbocycles. The average molecular weight is 501 g/mol. The van der Waals surface area contributed by atoms with E-state index < -0.39 is 28.4 Å². The third-order valence-electron chi connectivity index (χ3n) is 5.42. The molecule has 3 aromatic carbocycles. The van der Waals surface area contributed by atoms with Crippen molar-refractivity contribution in [2.24, 2.45) is 0 Å². The number of carbonyl (C=O) groups excluding carboxylic acids is 2. The van der Waals surface area contributed by atoms with Gasteiger partial charge in [-0.1, -0.05) is 41.4 Å². The molecule has 0 aliphatic rings. The van der Waals surface area contributed by atoms with Crippen molar-refractivity contribution in [1.82, 2.24) is 0 Å². The molecule has 0 aliphatic carbocycles. The van der Waals surface area contributed by atoms with Gasteiger partial charge >= 0.3 is 5.97 Å². The molecule has 1 N–H and O–H groups in total. The molecule has 3 aromatic rings. The maximum absolute atomic E-state index is 13.6. The number of rotatable bonds is 7. The number of amides is 1. The first-order chi connectivity index (χ1) is 16.1. The number of benzene rings is 3. The summed E-state index contributed by atoms with van der Waals surface area (Å²) in [5.41, 5.74) is 2.91. The second-order valence-electron chi connectivity index (χ2n) is 7.73. The zero-order valence-electron chi connectivity index (χ0n) is 19.3. The highest BCUT2D eigenvalue weighted by Crippen LogP contribution is 2.31. The van der Waals surface area contributed by atoms with E-state index in [0.717, 1.165) is 9.87 Å². The van der Waals surface area contributed by atoms with E-state index >= 15 is 0 Å². The number of aryl methyl sites for hydroxylation is 1. The number of anilines is 2. The monoisotopic (exact) mass is 500 g/mol. The van der Waals surface area contributed by atoms with Crippen molar-refractivity contribution >= 4 is 44.9 Å². The quantitative estimate of drug-likeness (QED) is 0.466. The highest BCUT2D eigenvalue weighted by molar-refractivity contribution is 7.92. The third kappa shape index (κ3) is 5.24. The van der Waals surface area contributed by atoms with Crippen LogP contribution in [0, 0.1) is 20.8 Å². The summed E-state index contributed by atoms with van der Waals surface area (Å²) in [4.78, 5) is 25.1. The van der Waals surface area contributed by atoms with E-state index in [4.69, 9.17) is 16.3 Å². The number of ether oxygens (including phenoxy) is 1. The Hall–Kier alpha value is -3.36. The van der Waals surface area contributed by atoms with E-state index in [-0.39, 0.29) is 4.90 Å². The summed E-state index contributed by atoms with van der Waals surface area (Å²) in [6.45, 7) is 4.72. The number of methoxy groups -OCH3 is 1. The summed E-state index contributed by atoms with van der Waals surface area (Å²) in [5, 5.41) is 3.09. The van der Waals surface area contributed by atoms with Gasteiger partial charge in [-0.2, -0.15) is 0 Å². The van der Waals surface area contributed by atoms with Gasteiger partial charge in [0.15, 0.2) is 0 Å². The zero-order valence-corrected chi connectivity index (χ0v) is 20.8. The Labute approximate surface area is 204 Å². The second kappa shape index (κ2) is 10.3. The highest BCUT2D eigenvalue weighted by atomic mass is 35.5. The van der Waals surface area contributed by atoms with Crippen LogP contribution in [0.5, 0.6) is 0 Å². The van der Waals surface area contributed by atoms with Gasteiger partial charge in [0, 0.05) is 10.7 Å². The van der Waals surface area contributed by atoms with Crippen LogP contribution in [0.3, 0.4) is 0 Å². The molecule has 0 heterocycles. The number of esters is 1. The van der Waals surface area contributed by atoms with Gasteiger partial charge in [0.2, 0.25) is 5.91 Å². The SMILES string of the molecule is COC(=O)c1cccc(NC(=O)CN(c2cccc(Cl)c2C)S(=O)(=O)c2ccc(C)cc2)c1C. The van der Waals surface area contributed by atoms with Gasteiger partial charge in [0.25, 0.3) is 10.0 Å². The lowest BCUT2D eigenvalue weighted by molar-refractivity contribution is -0.114. The van der Waals surface area contributed by atoms with Crippen molar-refractivity contribution in [2.45, 2.75) is 25.7 Å². The van der Waals surface area contributed by atoms with E-state index in [0.29, 0.717) is 33.1 Å². The van der Waals surface area contributed by atoms with Crippen LogP contribution in [-0.4, -0.2) is 33.9 Å². The fourth-order valence-corrected chi connectivity index (χ4v) is 5.07. The Bertz CT molecular complexity index is 1340. The molecule has 0 fully saturated rings. The van der Waals surface area contributed by atoms with E-state index in [1.165, 1.54) is 19.2 Å². The average Bonchev–Trinajstić information content (AvgIpc) is 2.80. The maximum atomic E-state index is 13.6. The number of carbonyl (C=O) groups is 2. The van der Waals surface area contributed by atoms with Crippen LogP contribution in [0.25, 0.3) is 0 Å². The van der Waals surface area contributed by atoms with Crippen molar-refractivity contribution in [2.75, 3.05) is 23.3 Å². The Morgan fingerprint density at radius 2 is 1.59 bits per heavy atom. The number of nitrogens with one attached hydrogen (secondary N) is 1. The van der Waals surface area contributed by atoms with Crippen LogP contribution >= 0.6 is 11.6 Å². The Balaban J connectivity index is 2.00. The van der Waals surface area contributed by atoms with E-state index in [1.54, 1.807) is 62.4 Å². The summed E-state index contributed by atoms with van der Waals surface area (Å²) in [6.07, 6.45) is 0. The number of sulfonamides is 1. The first kappa shape index (κ1) is 25.3. The third-order valence-corrected chi connectivity index (χ3v) is 7.60. The largest absolute Gasteiger partial charge is 0.465 e. The Kier molecular flexibility index (Phi) is 7.64. The van der Waals surface area contributed by atoms with E-state index in [1.807, 2.05) is 6.92 Å². The molecule has 3 rings (SSSR count). The van der Waals surface area contributed by atoms with Crippen LogP contribution in [0.1, 0.15) is 27.0 Å². The van der Waals surface area contributed by atoms with Crippen LogP contribution in [0.4, 0.5) is 11.4 Å². The van der Waals surface area contributed by atoms with Crippen LogP contribution in [0.2, 0.25) is 5.02 Å². The molecule has 1 amide bonds. The number of hydrogen-bond donors (Lipinski definition) is 1. The highest BCUT2D eigenvalue weighted by Gasteiger charge is 2.29. The topological polar surface area (TPSA) is 92.8 Å². The lowest BCUT2D eigenvalue weighted by Gasteiger charge is -2.26. The molecular formula is C25H25ClN2O5S. The Morgan fingerprint density at radius 1 is 0.941 bits per heavy atom. The molecule has 7 nitrogen and oxygen atoms in total. The standard InChI is InChI=1S/C25H25ClN2O5S/c1-16-11-13-19(14-12-16)34(31,32)28(23-10-6-8-21(26)18(23)3)15-24(29)27-22-9-5-7-20(17(22)2)25(30)33-4/h5-14H,15H2,1-4H3,(H,27,29). The minimum absolute atomic E-state index is 0.0501.